The van der Waals surface area contributed by atoms with Gasteiger partial charge < -0.3 is 11.1 Å². The Morgan fingerprint density at radius 3 is 2.90 bits per heavy atom. The van der Waals surface area contributed by atoms with E-state index in [0.29, 0.717) is 10.6 Å². The van der Waals surface area contributed by atoms with Gasteiger partial charge in [0.25, 0.3) is 0 Å². The number of thiophene rings is 1. The first kappa shape index (κ1) is 15.2. The zero-order valence-corrected chi connectivity index (χ0v) is 12.7. The van der Waals surface area contributed by atoms with E-state index in [2.05, 4.69) is 16.4 Å². The average Bonchev–Trinajstić information content (AvgIpc) is 2.96. The minimum absolute atomic E-state index is 0.130. The molecule has 5 nitrogen and oxygen atoms in total. The molecule has 0 saturated carbocycles. The molecule has 2 heterocycles. The highest BCUT2D eigenvalue weighted by atomic mass is 32.1. The lowest BCUT2D eigenvalue weighted by Gasteiger charge is -2.23. The second kappa shape index (κ2) is 6.04. The van der Waals surface area contributed by atoms with E-state index in [9.17, 15) is 4.79 Å². The number of nitrogens with one attached hydrogen (secondary N) is 1. The Hall–Kier alpha value is -2.23. The van der Waals surface area contributed by atoms with Crippen LogP contribution in [0.3, 0.4) is 0 Å². The summed E-state index contributed by atoms with van der Waals surface area (Å²) in [4.78, 5) is 17.5. The second-order valence-corrected chi connectivity index (χ2v) is 6.06. The van der Waals surface area contributed by atoms with Gasteiger partial charge in [0.2, 0.25) is 5.91 Å². The van der Waals surface area contributed by atoms with Crippen molar-refractivity contribution in [1.29, 1.82) is 5.26 Å². The number of carbonyl (C=O) groups is 1. The van der Waals surface area contributed by atoms with Crippen molar-refractivity contribution in [3.63, 3.8) is 0 Å². The Labute approximate surface area is 127 Å². The van der Waals surface area contributed by atoms with E-state index in [4.69, 9.17) is 11.0 Å². The Kier molecular flexibility index (Phi) is 4.36. The normalized spacial score (nSPS) is 13.2. The molecule has 0 unspecified atom stereocenters. The summed E-state index contributed by atoms with van der Waals surface area (Å²) >= 11 is 1.41. The molecule has 21 heavy (non-hydrogen) atoms. The molecule has 108 valence electrons. The van der Waals surface area contributed by atoms with E-state index in [1.165, 1.54) is 11.3 Å². The van der Waals surface area contributed by atoms with Gasteiger partial charge in [-0.25, -0.2) is 0 Å². The van der Waals surface area contributed by atoms with Crippen molar-refractivity contribution in [3.8, 4) is 16.5 Å². The quantitative estimate of drug-likeness (QED) is 0.903. The summed E-state index contributed by atoms with van der Waals surface area (Å²) in [6, 6.07) is 9.54. The fraction of sp³-hybridized carbons (Fsp3) is 0.267. The Bertz CT molecular complexity index is 700. The minimum Gasteiger partial charge on any atom is -0.359 e. The van der Waals surface area contributed by atoms with Crippen LogP contribution in [0.1, 0.15) is 23.9 Å². The molecule has 0 fully saturated rings. The summed E-state index contributed by atoms with van der Waals surface area (Å²) in [5, 5.41) is 11.5. The van der Waals surface area contributed by atoms with Crippen molar-refractivity contribution in [2.75, 3.05) is 7.05 Å². The third kappa shape index (κ3) is 3.45. The smallest absolute Gasteiger partial charge is 0.221 e. The average molecular weight is 300 g/mol. The van der Waals surface area contributed by atoms with Crippen LogP contribution in [0, 0.1) is 11.3 Å². The lowest BCUT2D eigenvalue weighted by atomic mass is 9.93. The topological polar surface area (TPSA) is 91.8 Å². The monoisotopic (exact) mass is 300 g/mol. The number of hydrogen-bond donors (Lipinski definition) is 2. The van der Waals surface area contributed by atoms with E-state index in [-0.39, 0.29) is 12.3 Å². The summed E-state index contributed by atoms with van der Waals surface area (Å²) in [6.45, 7) is 1.78. The van der Waals surface area contributed by atoms with Gasteiger partial charge >= 0.3 is 0 Å². The zero-order valence-electron chi connectivity index (χ0n) is 11.9. The van der Waals surface area contributed by atoms with Gasteiger partial charge in [-0.2, -0.15) is 5.26 Å². The molecule has 2 rings (SSSR count). The van der Waals surface area contributed by atoms with Gasteiger partial charge in [-0.1, -0.05) is 0 Å². The van der Waals surface area contributed by atoms with Gasteiger partial charge in [0.1, 0.15) is 10.9 Å². The van der Waals surface area contributed by atoms with Crippen LogP contribution >= 0.6 is 11.3 Å². The summed E-state index contributed by atoms with van der Waals surface area (Å²) in [7, 11) is 1.58. The van der Waals surface area contributed by atoms with Crippen LogP contribution in [-0.4, -0.2) is 17.9 Å². The molecule has 0 aromatic carbocycles. The van der Waals surface area contributed by atoms with Crippen molar-refractivity contribution in [3.05, 3.63) is 41.0 Å². The summed E-state index contributed by atoms with van der Waals surface area (Å²) in [5.41, 5.74) is 6.97. The number of rotatable bonds is 4. The number of aromatic nitrogens is 1. The predicted molar refractivity (Wildman–Crippen MR) is 82.5 cm³/mol. The first-order valence-corrected chi connectivity index (χ1v) is 7.24. The fourth-order valence-corrected chi connectivity index (χ4v) is 2.76. The van der Waals surface area contributed by atoms with Gasteiger partial charge in [0.15, 0.2) is 0 Å². The van der Waals surface area contributed by atoms with E-state index < -0.39 is 5.54 Å². The van der Waals surface area contributed by atoms with Crippen molar-refractivity contribution < 1.29 is 4.79 Å². The van der Waals surface area contributed by atoms with E-state index in [1.807, 2.05) is 18.2 Å². The van der Waals surface area contributed by atoms with Crippen molar-refractivity contribution in [2.24, 2.45) is 5.73 Å². The molecule has 1 atom stereocenters. The molecule has 0 radical (unpaired) electrons. The molecule has 2 aromatic rings. The number of nitriles is 1. The fourth-order valence-electron chi connectivity index (χ4n) is 1.96. The molecule has 3 N–H and O–H groups in total. The molecule has 0 bridgehead atoms. The van der Waals surface area contributed by atoms with Gasteiger partial charge in [0, 0.05) is 24.5 Å². The van der Waals surface area contributed by atoms with Crippen LogP contribution in [0.5, 0.6) is 0 Å². The number of hydrogen-bond acceptors (Lipinski definition) is 5. The highest BCUT2D eigenvalue weighted by Gasteiger charge is 2.26. The molecule has 0 aliphatic heterocycles. The third-order valence-corrected chi connectivity index (χ3v) is 4.19. The number of nitrogens with two attached hydrogens (primary N) is 1. The summed E-state index contributed by atoms with van der Waals surface area (Å²) in [5.74, 6) is -0.130. The molecule has 0 aliphatic carbocycles. The van der Waals surface area contributed by atoms with Crippen LogP contribution in [0.4, 0.5) is 0 Å². The van der Waals surface area contributed by atoms with Crippen LogP contribution in [0.15, 0.2) is 30.5 Å². The first-order valence-electron chi connectivity index (χ1n) is 6.42. The van der Waals surface area contributed by atoms with Gasteiger partial charge in [-0.15, -0.1) is 11.3 Å². The lowest BCUT2D eigenvalue weighted by Crippen LogP contribution is -2.39. The highest BCUT2D eigenvalue weighted by molar-refractivity contribution is 7.16. The van der Waals surface area contributed by atoms with E-state index >= 15 is 0 Å². The molecule has 0 spiro atoms. The maximum Gasteiger partial charge on any atom is 0.221 e. The summed E-state index contributed by atoms with van der Waals surface area (Å²) < 4.78 is 0. The second-order valence-electron chi connectivity index (χ2n) is 4.97. The van der Waals surface area contributed by atoms with Gasteiger partial charge in [-0.05, 0) is 36.8 Å². The number of nitrogens with zero attached hydrogens (tertiary/aromatic N) is 2. The Morgan fingerprint density at radius 1 is 1.52 bits per heavy atom. The predicted octanol–water partition coefficient (Wildman–Crippen LogP) is 1.99. The molecule has 1 amide bonds. The Morgan fingerprint density at radius 2 is 2.29 bits per heavy atom. The maximum absolute atomic E-state index is 11.5. The summed E-state index contributed by atoms with van der Waals surface area (Å²) in [6.07, 6.45) is 1.83. The van der Waals surface area contributed by atoms with Crippen molar-refractivity contribution in [1.82, 2.24) is 10.3 Å². The molecule has 0 saturated heterocycles. The first-order chi connectivity index (χ1) is 9.96. The number of amides is 1. The minimum atomic E-state index is -0.842. The zero-order chi connectivity index (χ0) is 15.5. The maximum atomic E-state index is 11.5. The molecule has 0 aliphatic rings. The van der Waals surface area contributed by atoms with E-state index in [0.717, 1.165) is 10.4 Å². The van der Waals surface area contributed by atoms with Gasteiger partial charge in [-0.3, -0.25) is 9.78 Å². The molecule has 6 heteroatoms. The van der Waals surface area contributed by atoms with Crippen molar-refractivity contribution >= 4 is 17.2 Å². The Balaban J connectivity index is 2.33. The molecule has 2 aromatic heterocycles. The van der Waals surface area contributed by atoms with Gasteiger partial charge in [0.05, 0.1) is 11.2 Å². The van der Waals surface area contributed by atoms with Crippen LogP contribution in [-0.2, 0) is 10.3 Å². The molecular weight excluding hydrogens is 284 g/mol. The lowest BCUT2D eigenvalue weighted by molar-refractivity contribution is -0.121. The molecular formula is C15H16N4OS. The van der Waals surface area contributed by atoms with Crippen LogP contribution in [0.2, 0.25) is 0 Å². The number of pyridine rings is 1. The highest BCUT2D eigenvalue weighted by Crippen LogP contribution is 2.30. The van der Waals surface area contributed by atoms with Crippen LogP contribution in [0.25, 0.3) is 10.4 Å². The largest absolute Gasteiger partial charge is 0.359 e. The SMILES string of the molecule is CNC(=O)C[C@](C)(N)c1cc(-c2ccc(C#N)s2)ccn1. The number of carbonyl (C=O) groups excluding carboxylic acids is 1. The van der Waals surface area contributed by atoms with Crippen LogP contribution < -0.4 is 11.1 Å². The standard InChI is InChI=1S/C15H16N4OS/c1-15(17,8-14(20)18-2)13-7-10(5-6-19-13)12-4-3-11(9-16)21-12/h3-7H,8,17H2,1-2H3,(H,18,20)/t15-/m0/s1. The third-order valence-electron chi connectivity index (χ3n) is 3.15. The van der Waals surface area contributed by atoms with E-state index in [1.54, 1.807) is 26.2 Å². The van der Waals surface area contributed by atoms with Crippen molar-refractivity contribution in [2.45, 2.75) is 18.9 Å².